The van der Waals surface area contributed by atoms with Gasteiger partial charge in [0.25, 0.3) is 0 Å². The minimum Gasteiger partial charge on any atom is -0.367 e. The number of nitrogens with zero attached hydrogens (tertiary/aromatic N) is 3. The largest absolute Gasteiger partial charge is 0.367 e. The van der Waals surface area contributed by atoms with Crippen LogP contribution in [0.25, 0.3) is 0 Å². The Morgan fingerprint density at radius 3 is 2.83 bits per heavy atom. The molecule has 1 aromatic heterocycles. The maximum atomic E-state index is 5.14. The van der Waals surface area contributed by atoms with Crippen LogP contribution in [-0.2, 0) is 0 Å². The van der Waals surface area contributed by atoms with Crippen molar-refractivity contribution in [2.75, 3.05) is 32.0 Å². The van der Waals surface area contributed by atoms with Crippen molar-refractivity contribution in [2.45, 2.75) is 0 Å². The molecule has 0 unspecified atom stereocenters. The zero-order valence-electron chi connectivity index (χ0n) is 10.2. The maximum Gasteiger partial charge on any atom is 0.191 e. The first-order valence-electron chi connectivity index (χ1n) is 5.24. The van der Waals surface area contributed by atoms with Crippen molar-refractivity contribution in [3.05, 3.63) is 18.6 Å². The summed E-state index contributed by atoms with van der Waals surface area (Å²) in [6, 6.07) is 0. The summed E-state index contributed by atoms with van der Waals surface area (Å²) >= 11 is 0. The highest BCUT2D eigenvalue weighted by atomic mass is 127. The van der Waals surface area contributed by atoms with Gasteiger partial charge < -0.3 is 16.0 Å². The average molecular weight is 360 g/mol. The van der Waals surface area contributed by atoms with Gasteiger partial charge >= 0.3 is 0 Å². The molecule has 0 radical (unpaired) electrons. The minimum atomic E-state index is 0. The fourth-order valence-electron chi connectivity index (χ4n) is 1.12. The van der Waals surface area contributed by atoms with Crippen LogP contribution >= 0.6 is 24.0 Å². The van der Waals surface area contributed by atoms with Crippen LogP contribution in [0.4, 0.5) is 5.82 Å². The fraction of sp³-hybridized carbons (Fsp3) is 0.364. The minimum absolute atomic E-state index is 0. The Morgan fingerprint density at radius 2 is 2.22 bits per heavy atom. The molecule has 7 heteroatoms. The smallest absolute Gasteiger partial charge is 0.191 e. The maximum absolute atomic E-state index is 5.14. The lowest BCUT2D eigenvalue weighted by Crippen LogP contribution is -2.39. The molecule has 1 heterocycles. The van der Waals surface area contributed by atoms with Crippen LogP contribution < -0.4 is 16.0 Å². The highest BCUT2D eigenvalue weighted by molar-refractivity contribution is 14.0. The normalized spacial score (nSPS) is 9.89. The molecule has 1 rings (SSSR count). The lowest BCUT2D eigenvalue weighted by molar-refractivity contribution is 0.849. The third-order valence-electron chi connectivity index (χ3n) is 1.87. The summed E-state index contributed by atoms with van der Waals surface area (Å²) in [7, 11) is 1.70. The summed E-state index contributed by atoms with van der Waals surface area (Å²) in [5, 5.41) is 9.19. The van der Waals surface area contributed by atoms with Crippen LogP contribution in [0.2, 0.25) is 0 Å². The van der Waals surface area contributed by atoms with Gasteiger partial charge in [0.05, 0.1) is 12.7 Å². The van der Waals surface area contributed by atoms with Crippen molar-refractivity contribution in [1.82, 2.24) is 20.6 Å². The van der Waals surface area contributed by atoms with Crippen LogP contribution in [0.3, 0.4) is 0 Å². The summed E-state index contributed by atoms with van der Waals surface area (Å²) in [4.78, 5) is 12.1. The number of hydrogen-bond acceptors (Lipinski definition) is 4. The van der Waals surface area contributed by atoms with E-state index in [0.717, 1.165) is 12.4 Å². The molecule has 0 atom stereocenters. The fourth-order valence-corrected chi connectivity index (χ4v) is 1.12. The number of halogens is 1. The van der Waals surface area contributed by atoms with E-state index in [1.807, 2.05) is 0 Å². The third kappa shape index (κ3) is 6.90. The van der Waals surface area contributed by atoms with Crippen LogP contribution in [0, 0.1) is 12.3 Å². The second-order valence-electron chi connectivity index (χ2n) is 3.07. The SMILES string of the molecule is C#CCNC(=NC)NCCNc1cnccn1.I. The molecule has 0 amide bonds. The van der Waals surface area contributed by atoms with Gasteiger partial charge in [0.2, 0.25) is 0 Å². The van der Waals surface area contributed by atoms with Gasteiger partial charge in [-0.15, -0.1) is 30.4 Å². The molecular weight excluding hydrogens is 343 g/mol. The molecule has 0 fully saturated rings. The predicted octanol–water partition coefficient (Wildman–Crippen LogP) is 0.305. The lowest BCUT2D eigenvalue weighted by Gasteiger charge is -2.10. The monoisotopic (exact) mass is 360 g/mol. The molecule has 0 bridgehead atoms. The number of aliphatic imine (C=N–C) groups is 1. The van der Waals surface area contributed by atoms with Gasteiger partial charge in [-0.05, 0) is 0 Å². The molecule has 98 valence electrons. The lowest BCUT2D eigenvalue weighted by atomic mass is 10.5. The highest BCUT2D eigenvalue weighted by Crippen LogP contribution is 1.94. The Labute approximate surface area is 124 Å². The molecular formula is C11H17IN6. The first kappa shape index (κ1) is 16.4. The highest BCUT2D eigenvalue weighted by Gasteiger charge is 1.95. The molecule has 18 heavy (non-hydrogen) atoms. The van der Waals surface area contributed by atoms with Gasteiger partial charge in [-0.2, -0.15) is 0 Å². The quantitative estimate of drug-likeness (QED) is 0.232. The molecule has 1 aromatic rings. The van der Waals surface area contributed by atoms with Crippen molar-refractivity contribution in [1.29, 1.82) is 0 Å². The summed E-state index contributed by atoms with van der Waals surface area (Å²) in [5.41, 5.74) is 0. The molecule has 0 saturated heterocycles. The van der Waals surface area contributed by atoms with Gasteiger partial charge in [0.1, 0.15) is 5.82 Å². The number of guanidine groups is 1. The van der Waals surface area contributed by atoms with Gasteiger partial charge in [-0.1, -0.05) is 5.92 Å². The number of hydrogen-bond donors (Lipinski definition) is 3. The van der Waals surface area contributed by atoms with Gasteiger partial charge in [-0.25, -0.2) is 4.98 Å². The molecule has 6 nitrogen and oxygen atoms in total. The topological polar surface area (TPSA) is 74.2 Å². The molecule has 0 aromatic carbocycles. The summed E-state index contributed by atoms with van der Waals surface area (Å²) in [6.45, 7) is 1.88. The van der Waals surface area contributed by atoms with Crippen LogP contribution in [0.15, 0.2) is 23.6 Å². The van der Waals surface area contributed by atoms with Gasteiger partial charge in [0.15, 0.2) is 5.96 Å². The Kier molecular flexibility index (Phi) is 9.67. The zero-order chi connectivity index (χ0) is 12.3. The summed E-state index contributed by atoms with van der Waals surface area (Å²) < 4.78 is 0. The van der Waals surface area contributed by atoms with E-state index in [1.165, 1.54) is 0 Å². The van der Waals surface area contributed by atoms with Crippen molar-refractivity contribution in [3.8, 4) is 12.3 Å². The van der Waals surface area contributed by atoms with Crippen molar-refractivity contribution in [3.63, 3.8) is 0 Å². The standard InChI is InChI=1S/C11H16N6.HI/c1-3-4-16-11(12-2)17-8-7-15-10-9-13-5-6-14-10;/h1,5-6,9H,4,7-8H2,2H3,(H,14,15)(H2,12,16,17);1H. The van der Waals surface area contributed by atoms with E-state index in [1.54, 1.807) is 25.6 Å². The molecule has 3 N–H and O–H groups in total. The van der Waals surface area contributed by atoms with E-state index in [9.17, 15) is 0 Å². The van der Waals surface area contributed by atoms with E-state index in [4.69, 9.17) is 6.42 Å². The molecule has 0 spiro atoms. The van der Waals surface area contributed by atoms with E-state index in [0.29, 0.717) is 19.0 Å². The van der Waals surface area contributed by atoms with Crippen molar-refractivity contribution >= 4 is 35.8 Å². The van der Waals surface area contributed by atoms with Gasteiger partial charge in [-0.3, -0.25) is 9.98 Å². The zero-order valence-corrected chi connectivity index (χ0v) is 12.5. The number of nitrogens with one attached hydrogen (secondary N) is 3. The Bertz CT molecular complexity index is 386. The van der Waals surface area contributed by atoms with E-state index >= 15 is 0 Å². The van der Waals surface area contributed by atoms with E-state index in [-0.39, 0.29) is 24.0 Å². The Morgan fingerprint density at radius 1 is 1.39 bits per heavy atom. The summed E-state index contributed by atoms with van der Waals surface area (Å²) in [6.07, 6.45) is 10.1. The Balaban J connectivity index is 0.00000289. The van der Waals surface area contributed by atoms with E-state index < -0.39 is 0 Å². The number of anilines is 1. The van der Waals surface area contributed by atoms with Crippen LogP contribution in [0.5, 0.6) is 0 Å². The number of rotatable bonds is 5. The number of terminal acetylenes is 1. The molecule has 0 saturated carbocycles. The van der Waals surface area contributed by atoms with Crippen molar-refractivity contribution in [2.24, 2.45) is 4.99 Å². The molecule has 0 aliphatic rings. The predicted molar refractivity (Wildman–Crippen MR) is 84.1 cm³/mol. The second kappa shape index (κ2) is 10.6. The molecule has 0 aliphatic heterocycles. The van der Waals surface area contributed by atoms with Crippen LogP contribution in [-0.4, -0.2) is 42.6 Å². The third-order valence-corrected chi connectivity index (χ3v) is 1.87. The first-order chi connectivity index (χ1) is 8.36. The van der Waals surface area contributed by atoms with Crippen LogP contribution in [0.1, 0.15) is 0 Å². The Hall–Kier alpha value is -1.56. The second-order valence-corrected chi connectivity index (χ2v) is 3.07. The molecule has 0 aliphatic carbocycles. The van der Waals surface area contributed by atoms with Gasteiger partial charge in [0, 0.05) is 32.5 Å². The van der Waals surface area contributed by atoms with Crippen molar-refractivity contribution < 1.29 is 0 Å². The number of aromatic nitrogens is 2. The first-order valence-corrected chi connectivity index (χ1v) is 5.24. The van der Waals surface area contributed by atoms with E-state index in [2.05, 4.69) is 36.8 Å². The average Bonchev–Trinajstić information content (AvgIpc) is 2.39. The summed E-state index contributed by atoms with van der Waals surface area (Å²) in [5.74, 6) is 3.92.